The molecule has 40 heavy (non-hydrogen) atoms. The van der Waals surface area contributed by atoms with Crippen LogP contribution >= 0.6 is 0 Å². The van der Waals surface area contributed by atoms with Gasteiger partial charge in [0.05, 0.1) is 13.2 Å². The lowest BCUT2D eigenvalue weighted by Gasteiger charge is -2.30. The summed E-state index contributed by atoms with van der Waals surface area (Å²) in [6.07, 6.45) is -4.53. The molecule has 0 atom stereocenters. The number of aryl methyl sites for hydroxylation is 1. The lowest BCUT2D eigenvalue weighted by Crippen LogP contribution is -2.31. The molecular formula is C30H26F8O2. The summed E-state index contributed by atoms with van der Waals surface area (Å²) >= 11 is 0. The monoisotopic (exact) mass is 570 g/mol. The first-order valence-corrected chi connectivity index (χ1v) is 12.7. The third-order valence-electron chi connectivity index (χ3n) is 6.65. The van der Waals surface area contributed by atoms with Gasteiger partial charge in [0.1, 0.15) is 28.8 Å². The zero-order chi connectivity index (χ0) is 29.0. The predicted molar refractivity (Wildman–Crippen MR) is 134 cm³/mol. The number of allylic oxidation sites excluding steroid dienone is 1. The van der Waals surface area contributed by atoms with E-state index in [0.717, 1.165) is 11.6 Å². The molecule has 3 aromatic rings. The number of alkyl halides is 3. The minimum Gasteiger partial charge on any atom is -0.352 e. The van der Waals surface area contributed by atoms with Crippen molar-refractivity contribution in [2.75, 3.05) is 13.2 Å². The molecule has 4 rings (SSSR count). The highest BCUT2D eigenvalue weighted by molar-refractivity contribution is 5.65. The van der Waals surface area contributed by atoms with Gasteiger partial charge in [-0.25, -0.2) is 22.0 Å². The van der Waals surface area contributed by atoms with Crippen LogP contribution in [-0.2, 0) is 22.1 Å². The second-order valence-corrected chi connectivity index (χ2v) is 9.55. The molecule has 214 valence electrons. The highest BCUT2D eigenvalue weighted by Crippen LogP contribution is 2.36. The first kappa shape index (κ1) is 29.7. The van der Waals surface area contributed by atoms with Gasteiger partial charge in [-0.15, -0.1) is 0 Å². The van der Waals surface area contributed by atoms with Crippen molar-refractivity contribution in [1.29, 1.82) is 0 Å². The van der Waals surface area contributed by atoms with Crippen LogP contribution in [-0.4, -0.2) is 19.5 Å². The normalized spacial score (nSPS) is 18.5. The fourth-order valence-electron chi connectivity index (χ4n) is 4.52. The summed E-state index contributed by atoms with van der Waals surface area (Å²) in [4.78, 5) is 0. The second kappa shape index (κ2) is 12.5. The maximum Gasteiger partial charge on any atom is 0.422 e. The van der Waals surface area contributed by atoms with Crippen LogP contribution in [0, 0.1) is 17.5 Å². The summed E-state index contributed by atoms with van der Waals surface area (Å²) < 4.78 is 120. The summed E-state index contributed by atoms with van der Waals surface area (Å²) in [5, 5.41) is 0. The fraction of sp³-hybridized carbons (Fsp3) is 0.333. The number of hydrogen-bond acceptors (Lipinski definition) is 2. The summed E-state index contributed by atoms with van der Waals surface area (Å²) in [6, 6.07) is 11.2. The van der Waals surface area contributed by atoms with Gasteiger partial charge in [-0.05, 0) is 47.7 Å². The van der Waals surface area contributed by atoms with E-state index in [0.29, 0.717) is 50.2 Å². The molecule has 0 aliphatic carbocycles. The van der Waals surface area contributed by atoms with E-state index in [-0.39, 0.29) is 29.0 Å². The maximum atomic E-state index is 14.7. The summed E-state index contributed by atoms with van der Waals surface area (Å²) in [5.74, 6) is -6.24. The van der Waals surface area contributed by atoms with E-state index in [1.807, 2.05) is 0 Å². The highest BCUT2D eigenvalue weighted by Gasteiger charge is 2.38. The molecule has 0 unspecified atom stereocenters. The van der Waals surface area contributed by atoms with Crippen LogP contribution in [0.3, 0.4) is 0 Å². The van der Waals surface area contributed by atoms with Gasteiger partial charge in [-0.2, -0.15) is 13.2 Å². The molecule has 0 N–H and O–H groups in total. The van der Waals surface area contributed by atoms with Gasteiger partial charge in [0.2, 0.25) is 0 Å². The SMILES string of the molecule is CCC/C(F)=C(\F)c1ccc(C2COC(CCc3ccc(-c4cc(F)c(C(F)(F)F)c(F)c4)c(F)c3)OC2)cc1. The molecule has 0 amide bonds. The highest BCUT2D eigenvalue weighted by atomic mass is 19.4. The van der Waals surface area contributed by atoms with Gasteiger partial charge in [-0.3, -0.25) is 0 Å². The zero-order valence-electron chi connectivity index (χ0n) is 21.4. The summed E-state index contributed by atoms with van der Waals surface area (Å²) in [6.45, 7) is 2.41. The molecule has 0 saturated carbocycles. The molecule has 2 nitrogen and oxygen atoms in total. The quantitative estimate of drug-likeness (QED) is 0.251. The lowest BCUT2D eigenvalue weighted by molar-refractivity contribution is -0.189. The Kier molecular flexibility index (Phi) is 9.30. The van der Waals surface area contributed by atoms with E-state index < -0.39 is 47.1 Å². The largest absolute Gasteiger partial charge is 0.422 e. The van der Waals surface area contributed by atoms with Crippen molar-refractivity contribution >= 4 is 5.83 Å². The van der Waals surface area contributed by atoms with Gasteiger partial charge in [-0.1, -0.05) is 43.3 Å². The van der Waals surface area contributed by atoms with Crippen LogP contribution in [0.25, 0.3) is 17.0 Å². The minimum atomic E-state index is -5.21. The molecule has 1 aliphatic rings. The van der Waals surface area contributed by atoms with Crippen LogP contribution in [0.1, 0.15) is 54.4 Å². The van der Waals surface area contributed by atoms with Gasteiger partial charge in [0, 0.05) is 29.9 Å². The average Bonchev–Trinajstić information content (AvgIpc) is 2.91. The van der Waals surface area contributed by atoms with E-state index >= 15 is 0 Å². The Morgan fingerprint density at radius 2 is 1.48 bits per heavy atom. The average molecular weight is 571 g/mol. The third-order valence-corrected chi connectivity index (χ3v) is 6.65. The third kappa shape index (κ3) is 6.90. The first-order valence-electron chi connectivity index (χ1n) is 12.7. The molecule has 0 aromatic heterocycles. The molecule has 0 spiro atoms. The van der Waals surface area contributed by atoms with E-state index in [4.69, 9.17) is 9.47 Å². The van der Waals surface area contributed by atoms with Crippen LogP contribution in [0.4, 0.5) is 35.1 Å². The van der Waals surface area contributed by atoms with E-state index in [1.165, 1.54) is 24.3 Å². The Labute approximate surface area is 226 Å². The predicted octanol–water partition coefficient (Wildman–Crippen LogP) is 9.29. The molecule has 1 saturated heterocycles. The molecule has 1 heterocycles. The number of hydrogen-bond donors (Lipinski definition) is 0. The Hall–Kier alpha value is -3.24. The number of ether oxygens (including phenoxy) is 2. The molecule has 10 heteroatoms. The van der Waals surface area contributed by atoms with Gasteiger partial charge in [0.25, 0.3) is 0 Å². The van der Waals surface area contributed by atoms with E-state index in [9.17, 15) is 35.1 Å². The molecule has 3 aromatic carbocycles. The van der Waals surface area contributed by atoms with Gasteiger partial charge in [0.15, 0.2) is 12.1 Å². The summed E-state index contributed by atoms with van der Waals surface area (Å²) in [7, 11) is 0. The van der Waals surface area contributed by atoms with Crippen LogP contribution in [0.5, 0.6) is 0 Å². The van der Waals surface area contributed by atoms with Crippen molar-refractivity contribution in [2.24, 2.45) is 0 Å². The Morgan fingerprint density at radius 3 is 2.02 bits per heavy atom. The minimum absolute atomic E-state index is 0.0369. The van der Waals surface area contributed by atoms with Crippen molar-refractivity contribution in [3.05, 3.63) is 100 Å². The van der Waals surface area contributed by atoms with E-state index in [2.05, 4.69) is 0 Å². The summed E-state index contributed by atoms with van der Waals surface area (Å²) in [5.41, 5.74) is -1.07. The Bertz CT molecular complexity index is 1330. The second-order valence-electron chi connectivity index (χ2n) is 9.55. The van der Waals surface area contributed by atoms with Crippen molar-refractivity contribution < 1.29 is 44.6 Å². The first-order chi connectivity index (χ1) is 19.0. The molecule has 0 radical (unpaired) electrons. The maximum absolute atomic E-state index is 14.7. The van der Waals surface area contributed by atoms with Crippen LogP contribution < -0.4 is 0 Å². The standard InChI is InChI=1S/C30H26F8O2/c1-2-3-23(31)29(35)19-8-6-18(7-9-19)21-15-39-27(40-16-21)11-5-17-4-10-22(24(32)12-17)20-13-25(33)28(26(34)14-20)30(36,37)38/h4,6-10,12-14,21,27H,2-3,5,11,15-16H2,1H3/b29-23+. The smallest absolute Gasteiger partial charge is 0.352 e. The Balaban J connectivity index is 1.33. The van der Waals surface area contributed by atoms with Gasteiger partial charge >= 0.3 is 6.18 Å². The molecular weight excluding hydrogens is 544 g/mol. The van der Waals surface area contributed by atoms with Gasteiger partial charge < -0.3 is 9.47 Å². The molecule has 1 fully saturated rings. The molecule has 0 bridgehead atoms. The topological polar surface area (TPSA) is 18.5 Å². The number of halogens is 8. The van der Waals surface area contributed by atoms with Crippen LogP contribution in [0.15, 0.2) is 60.4 Å². The number of benzene rings is 3. The van der Waals surface area contributed by atoms with Crippen molar-refractivity contribution in [3.63, 3.8) is 0 Å². The van der Waals surface area contributed by atoms with Crippen molar-refractivity contribution in [3.8, 4) is 11.1 Å². The fourth-order valence-corrected chi connectivity index (χ4v) is 4.52. The van der Waals surface area contributed by atoms with Crippen LogP contribution in [0.2, 0.25) is 0 Å². The van der Waals surface area contributed by atoms with Crippen molar-refractivity contribution in [2.45, 2.75) is 51.0 Å². The van der Waals surface area contributed by atoms with E-state index in [1.54, 1.807) is 19.1 Å². The number of rotatable bonds is 8. The molecule has 1 aliphatic heterocycles. The lowest BCUT2D eigenvalue weighted by atomic mass is 9.98. The Morgan fingerprint density at radius 1 is 0.850 bits per heavy atom. The van der Waals surface area contributed by atoms with Crippen molar-refractivity contribution in [1.82, 2.24) is 0 Å². The zero-order valence-corrected chi connectivity index (χ0v) is 21.4.